The molecule has 0 amide bonds. The van der Waals surface area contributed by atoms with E-state index in [9.17, 15) is 25.2 Å². The van der Waals surface area contributed by atoms with E-state index in [0.29, 0.717) is 5.57 Å². The minimum absolute atomic E-state index is 0.250. The fourth-order valence-electron chi connectivity index (χ4n) is 5.03. The van der Waals surface area contributed by atoms with E-state index in [2.05, 4.69) is 0 Å². The molecule has 3 fully saturated rings. The van der Waals surface area contributed by atoms with Crippen molar-refractivity contribution in [1.82, 2.24) is 0 Å². The third kappa shape index (κ3) is 1.18. The van der Waals surface area contributed by atoms with Crippen LogP contribution in [0, 0.1) is 10.8 Å². The number of hydrogen-bond donors (Lipinski definition) is 4. The average molecular weight is 312 g/mol. The van der Waals surface area contributed by atoms with Crippen molar-refractivity contribution in [3.05, 3.63) is 11.6 Å². The van der Waals surface area contributed by atoms with Gasteiger partial charge in [-0.05, 0) is 18.6 Å². The van der Waals surface area contributed by atoms with Crippen LogP contribution in [0.4, 0.5) is 0 Å². The van der Waals surface area contributed by atoms with Crippen molar-refractivity contribution >= 4 is 5.78 Å². The molecular weight excluding hydrogens is 292 g/mol. The average Bonchev–Trinajstić information content (AvgIpc) is 3.27. The molecule has 0 aromatic carbocycles. The van der Waals surface area contributed by atoms with E-state index in [1.807, 2.05) is 0 Å². The lowest BCUT2D eigenvalue weighted by Crippen LogP contribution is -2.72. The highest BCUT2D eigenvalue weighted by atomic mass is 16.6. The number of aliphatic hydroxyl groups excluding tert-OH is 4. The molecule has 8 atom stereocenters. The normalized spacial score (nSPS) is 59.5. The van der Waals surface area contributed by atoms with Gasteiger partial charge in [-0.2, -0.15) is 0 Å². The van der Waals surface area contributed by atoms with Gasteiger partial charge in [-0.15, -0.1) is 0 Å². The number of Topliss-reactive ketones (excluding diaryl/α,β-unsaturated/α-hetero) is 1. The van der Waals surface area contributed by atoms with E-state index in [0.717, 1.165) is 0 Å². The van der Waals surface area contributed by atoms with Gasteiger partial charge in [-0.25, -0.2) is 0 Å². The molecule has 22 heavy (non-hydrogen) atoms. The lowest BCUT2D eigenvalue weighted by atomic mass is 9.50. The van der Waals surface area contributed by atoms with Crippen molar-refractivity contribution in [3.8, 4) is 0 Å². The topological polar surface area (TPSA) is 120 Å². The Hall–Kier alpha value is -0.830. The van der Waals surface area contributed by atoms with Crippen molar-refractivity contribution in [2.45, 2.75) is 50.0 Å². The van der Waals surface area contributed by atoms with Gasteiger partial charge in [0.1, 0.15) is 23.9 Å². The van der Waals surface area contributed by atoms with Crippen LogP contribution >= 0.6 is 0 Å². The molecule has 1 spiro atoms. The number of aliphatic hydroxyl groups is 4. The smallest absolute Gasteiger partial charge is 0.187 e. The monoisotopic (exact) mass is 312 g/mol. The first kappa shape index (κ1) is 14.7. The van der Waals surface area contributed by atoms with Crippen LogP contribution in [-0.2, 0) is 14.3 Å². The zero-order chi connectivity index (χ0) is 16.1. The molecule has 2 heterocycles. The van der Waals surface area contributed by atoms with Gasteiger partial charge >= 0.3 is 0 Å². The lowest BCUT2D eigenvalue weighted by molar-refractivity contribution is -0.253. The summed E-state index contributed by atoms with van der Waals surface area (Å²) < 4.78 is 11.5. The van der Waals surface area contributed by atoms with Gasteiger partial charge < -0.3 is 29.9 Å². The van der Waals surface area contributed by atoms with Gasteiger partial charge in [0.05, 0.1) is 30.8 Å². The van der Waals surface area contributed by atoms with E-state index < -0.39 is 59.3 Å². The number of carbonyl (C=O) groups is 1. The van der Waals surface area contributed by atoms with Crippen LogP contribution in [0.25, 0.3) is 0 Å². The number of ketones is 1. The number of carbonyl (C=O) groups excluding carboxylic acids is 1. The fraction of sp³-hybridized carbons (Fsp3) is 0.800. The molecule has 0 aromatic rings. The fourth-order valence-corrected chi connectivity index (χ4v) is 5.03. The highest BCUT2D eigenvalue weighted by Gasteiger charge is 2.86. The second-order valence-electron chi connectivity index (χ2n) is 7.11. The highest BCUT2D eigenvalue weighted by molar-refractivity contribution is 6.00. The summed E-state index contributed by atoms with van der Waals surface area (Å²) in [4.78, 5) is 12.3. The Morgan fingerprint density at radius 1 is 1.36 bits per heavy atom. The summed E-state index contributed by atoms with van der Waals surface area (Å²) in [6, 6.07) is 0. The lowest BCUT2D eigenvalue weighted by Gasteiger charge is -2.58. The summed E-state index contributed by atoms with van der Waals surface area (Å²) in [5, 5.41) is 41.8. The van der Waals surface area contributed by atoms with Gasteiger partial charge in [0.2, 0.25) is 0 Å². The molecule has 4 N–H and O–H groups in total. The van der Waals surface area contributed by atoms with Crippen molar-refractivity contribution < 1.29 is 34.7 Å². The van der Waals surface area contributed by atoms with Gasteiger partial charge in [0.25, 0.3) is 0 Å². The number of ether oxygens (including phenoxy) is 2. The quantitative estimate of drug-likeness (QED) is 0.419. The standard InChI is InChI=1S/C15H20O7/c1-6-3-7-14(4-16,11(20)8(6)17)13(2)10(19)9(18)12(22-7)15(13)5-21-15/h3,7,9-12,16,18-20H,4-5H2,1-2H3/t7?,9-,10-,11-,12?,13-,14-,15?/m1/s1. The van der Waals surface area contributed by atoms with E-state index in [1.165, 1.54) is 0 Å². The molecule has 1 saturated carbocycles. The minimum Gasteiger partial charge on any atom is -0.396 e. The summed E-state index contributed by atoms with van der Waals surface area (Å²) in [5.41, 5.74) is -3.28. The Balaban J connectivity index is 1.98. The third-order valence-electron chi connectivity index (χ3n) is 6.58. The molecule has 2 aliphatic heterocycles. The molecule has 4 rings (SSSR count). The Labute approximate surface area is 127 Å². The Kier molecular flexibility index (Phi) is 2.67. The maximum absolute atomic E-state index is 12.3. The van der Waals surface area contributed by atoms with Gasteiger partial charge in [-0.3, -0.25) is 4.79 Å². The van der Waals surface area contributed by atoms with Crippen molar-refractivity contribution in [1.29, 1.82) is 0 Å². The molecule has 2 bridgehead atoms. The maximum Gasteiger partial charge on any atom is 0.187 e. The molecule has 7 heteroatoms. The van der Waals surface area contributed by atoms with Crippen LogP contribution in [-0.4, -0.2) is 75.5 Å². The molecule has 4 aliphatic rings. The van der Waals surface area contributed by atoms with E-state index in [4.69, 9.17) is 9.47 Å². The molecule has 7 nitrogen and oxygen atoms in total. The SMILES string of the molecule is CC1=CC2OC3[C@H](O)[C@@H](O)[C@@](C)(C34CO4)[C@@]2(CO)[C@H](O)C1=O. The maximum atomic E-state index is 12.3. The first-order valence-electron chi connectivity index (χ1n) is 7.45. The molecule has 3 unspecified atom stereocenters. The summed E-state index contributed by atoms with van der Waals surface area (Å²) in [7, 11) is 0. The number of epoxide rings is 1. The van der Waals surface area contributed by atoms with Crippen LogP contribution in [0.3, 0.4) is 0 Å². The number of fused-ring (bicyclic) bond motifs is 2. The molecule has 2 aliphatic carbocycles. The highest BCUT2D eigenvalue weighted by Crippen LogP contribution is 2.70. The molecule has 122 valence electrons. The summed E-state index contributed by atoms with van der Waals surface area (Å²) in [6.45, 7) is 2.92. The Bertz CT molecular complexity index is 582. The minimum atomic E-state index is -1.53. The first-order valence-corrected chi connectivity index (χ1v) is 7.45. The molecule has 2 saturated heterocycles. The third-order valence-corrected chi connectivity index (χ3v) is 6.58. The van der Waals surface area contributed by atoms with E-state index in [1.54, 1.807) is 19.9 Å². The predicted octanol–water partition coefficient (Wildman–Crippen LogP) is -1.87. The molecule has 0 radical (unpaired) electrons. The summed E-state index contributed by atoms with van der Waals surface area (Å²) in [6.07, 6.45) is -3.96. The van der Waals surface area contributed by atoms with Crippen LogP contribution in [0.1, 0.15) is 13.8 Å². The summed E-state index contributed by atoms with van der Waals surface area (Å²) >= 11 is 0. The van der Waals surface area contributed by atoms with Crippen LogP contribution in [0.5, 0.6) is 0 Å². The predicted molar refractivity (Wildman–Crippen MR) is 71.8 cm³/mol. The number of hydrogen-bond acceptors (Lipinski definition) is 7. The van der Waals surface area contributed by atoms with Gasteiger partial charge in [0.15, 0.2) is 5.78 Å². The van der Waals surface area contributed by atoms with Crippen LogP contribution in [0.15, 0.2) is 11.6 Å². The van der Waals surface area contributed by atoms with Crippen molar-refractivity contribution in [2.75, 3.05) is 13.2 Å². The van der Waals surface area contributed by atoms with Crippen LogP contribution in [0.2, 0.25) is 0 Å². The van der Waals surface area contributed by atoms with Crippen LogP contribution < -0.4 is 0 Å². The molecular formula is C15H20O7. The Morgan fingerprint density at radius 2 is 2.00 bits per heavy atom. The zero-order valence-electron chi connectivity index (χ0n) is 12.4. The van der Waals surface area contributed by atoms with Crippen molar-refractivity contribution in [2.24, 2.45) is 10.8 Å². The van der Waals surface area contributed by atoms with E-state index in [-0.39, 0.29) is 6.61 Å². The number of rotatable bonds is 1. The Morgan fingerprint density at radius 3 is 2.55 bits per heavy atom. The zero-order valence-corrected chi connectivity index (χ0v) is 12.4. The summed E-state index contributed by atoms with van der Waals surface area (Å²) in [5.74, 6) is -0.502. The second-order valence-corrected chi connectivity index (χ2v) is 7.11. The van der Waals surface area contributed by atoms with Crippen molar-refractivity contribution in [3.63, 3.8) is 0 Å². The second kappa shape index (κ2) is 3.98. The largest absolute Gasteiger partial charge is 0.396 e. The van der Waals surface area contributed by atoms with Gasteiger partial charge in [-0.1, -0.05) is 6.92 Å². The van der Waals surface area contributed by atoms with E-state index >= 15 is 0 Å². The first-order chi connectivity index (χ1) is 10.3. The van der Waals surface area contributed by atoms with Gasteiger partial charge in [0, 0.05) is 5.41 Å². The molecule has 0 aromatic heterocycles.